The Hall–Kier alpha value is -1.05. The zero-order valence-corrected chi connectivity index (χ0v) is 13.7. The Morgan fingerprint density at radius 2 is 2.05 bits per heavy atom. The summed E-state index contributed by atoms with van der Waals surface area (Å²) in [5.41, 5.74) is 1.72. The van der Waals surface area contributed by atoms with Crippen molar-refractivity contribution >= 4 is 21.6 Å². The number of halogens is 1. The molecule has 0 saturated carbocycles. The molecule has 1 rings (SSSR count). The Balaban J connectivity index is 2.81. The van der Waals surface area contributed by atoms with Crippen molar-refractivity contribution in [3.8, 4) is 6.07 Å². The summed E-state index contributed by atoms with van der Waals surface area (Å²) in [6, 6.07) is 8.21. The van der Waals surface area contributed by atoms with Crippen LogP contribution >= 0.6 is 15.9 Å². The number of benzene rings is 1. The van der Waals surface area contributed by atoms with Crippen LogP contribution in [0.25, 0.3) is 0 Å². The first kappa shape index (κ1) is 16.0. The molecule has 0 aliphatic rings. The fourth-order valence-corrected chi connectivity index (χ4v) is 2.60. The number of hydrogen-bond acceptors (Lipinski definition) is 3. The first-order valence-corrected chi connectivity index (χ1v) is 7.32. The summed E-state index contributed by atoms with van der Waals surface area (Å²) < 4.78 is 0.944. The minimum absolute atomic E-state index is 0.402. The Bertz CT molecular complexity index is 439. The van der Waals surface area contributed by atoms with Crippen molar-refractivity contribution in [1.29, 1.82) is 5.26 Å². The number of hydrogen-bond donors (Lipinski definition) is 1. The fourth-order valence-electron chi connectivity index (χ4n) is 2.11. The van der Waals surface area contributed by atoms with Gasteiger partial charge in [-0.25, -0.2) is 0 Å². The molecule has 0 aliphatic carbocycles. The van der Waals surface area contributed by atoms with Crippen LogP contribution in [0.15, 0.2) is 22.7 Å². The zero-order valence-electron chi connectivity index (χ0n) is 12.1. The molecule has 0 saturated heterocycles. The molecular weight excluding hydrogens is 302 g/mol. The maximum Gasteiger partial charge on any atom is 0.0992 e. The van der Waals surface area contributed by atoms with Gasteiger partial charge in [-0.2, -0.15) is 5.26 Å². The maximum atomic E-state index is 8.87. The van der Waals surface area contributed by atoms with E-state index < -0.39 is 0 Å². The van der Waals surface area contributed by atoms with Gasteiger partial charge in [0.1, 0.15) is 0 Å². The van der Waals surface area contributed by atoms with Crippen LogP contribution in [-0.4, -0.2) is 31.6 Å². The molecule has 0 amide bonds. The number of likely N-dealkylation sites (N-methyl/N-ethyl adjacent to an activating group) is 1. The largest absolute Gasteiger partial charge is 0.380 e. The van der Waals surface area contributed by atoms with Crippen LogP contribution in [-0.2, 0) is 0 Å². The molecule has 0 heterocycles. The molecule has 0 radical (unpaired) electrons. The normalized spacial score (nSPS) is 12.5. The summed E-state index contributed by atoms with van der Waals surface area (Å²) in [5, 5.41) is 12.4. The van der Waals surface area contributed by atoms with Crippen molar-refractivity contribution in [2.75, 3.05) is 26.0 Å². The lowest BCUT2D eigenvalue weighted by atomic mass is 10.0. The lowest BCUT2D eigenvalue weighted by Crippen LogP contribution is -2.33. The van der Waals surface area contributed by atoms with Crippen LogP contribution in [0.2, 0.25) is 0 Å². The van der Waals surface area contributed by atoms with Crippen molar-refractivity contribution in [2.24, 2.45) is 5.92 Å². The topological polar surface area (TPSA) is 39.1 Å². The third kappa shape index (κ3) is 5.63. The minimum atomic E-state index is 0.402. The van der Waals surface area contributed by atoms with Gasteiger partial charge in [0.05, 0.1) is 11.6 Å². The standard InChI is InChI=1S/C15H22BrN3/c1-11(2)7-13(10-19(3)4)18-15-6-5-12(9-17)8-14(15)16/h5-6,8,11,13,18H,7,10H2,1-4H3. The number of nitriles is 1. The molecule has 19 heavy (non-hydrogen) atoms. The van der Waals surface area contributed by atoms with E-state index in [1.807, 2.05) is 18.2 Å². The second-order valence-electron chi connectivity index (χ2n) is 5.54. The summed E-state index contributed by atoms with van der Waals surface area (Å²) in [7, 11) is 4.17. The Labute approximate surface area is 124 Å². The van der Waals surface area contributed by atoms with Crippen molar-refractivity contribution in [3.63, 3.8) is 0 Å². The van der Waals surface area contributed by atoms with Crippen LogP contribution in [0.3, 0.4) is 0 Å². The van der Waals surface area contributed by atoms with E-state index in [9.17, 15) is 0 Å². The maximum absolute atomic E-state index is 8.87. The van der Waals surface area contributed by atoms with Gasteiger partial charge in [-0.3, -0.25) is 0 Å². The fraction of sp³-hybridized carbons (Fsp3) is 0.533. The van der Waals surface area contributed by atoms with Crippen molar-refractivity contribution in [2.45, 2.75) is 26.3 Å². The van der Waals surface area contributed by atoms with E-state index in [0.29, 0.717) is 17.5 Å². The predicted molar refractivity (Wildman–Crippen MR) is 84.3 cm³/mol. The van der Waals surface area contributed by atoms with Crippen molar-refractivity contribution in [1.82, 2.24) is 4.90 Å². The summed E-state index contributed by atoms with van der Waals surface area (Å²) in [6.07, 6.45) is 1.12. The van der Waals surface area contributed by atoms with Gasteiger partial charge in [0, 0.05) is 22.7 Å². The molecule has 0 fully saturated rings. The third-order valence-corrected chi connectivity index (χ3v) is 3.46. The number of nitrogens with zero attached hydrogens (tertiary/aromatic N) is 2. The average Bonchev–Trinajstić information content (AvgIpc) is 2.30. The highest BCUT2D eigenvalue weighted by Gasteiger charge is 2.13. The highest BCUT2D eigenvalue weighted by molar-refractivity contribution is 9.10. The average molecular weight is 324 g/mol. The SMILES string of the molecule is CC(C)CC(CN(C)C)Nc1ccc(C#N)cc1Br. The van der Waals surface area contributed by atoms with Crippen molar-refractivity contribution < 1.29 is 0 Å². The molecule has 1 aromatic rings. The number of anilines is 1. The monoisotopic (exact) mass is 323 g/mol. The van der Waals surface area contributed by atoms with Crippen LogP contribution in [0.4, 0.5) is 5.69 Å². The van der Waals surface area contributed by atoms with Gasteiger partial charge in [0.15, 0.2) is 0 Å². The Morgan fingerprint density at radius 3 is 2.53 bits per heavy atom. The molecule has 0 spiro atoms. The van der Waals surface area contributed by atoms with Gasteiger partial charge in [0.2, 0.25) is 0 Å². The Kier molecular flexibility index (Phi) is 6.33. The molecule has 4 heteroatoms. The van der Waals surface area contributed by atoms with Gasteiger partial charge in [-0.05, 0) is 60.6 Å². The van der Waals surface area contributed by atoms with E-state index in [-0.39, 0.29) is 0 Å². The molecule has 1 unspecified atom stereocenters. The summed E-state index contributed by atoms with van der Waals surface area (Å²) in [4.78, 5) is 2.19. The quantitative estimate of drug-likeness (QED) is 0.867. The minimum Gasteiger partial charge on any atom is -0.380 e. The molecule has 1 atom stereocenters. The first-order valence-electron chi connectivity index (χ1n) is 6.53. The molecule has 0 aromatic heterocycles. The molecule has 3 nitrogen and oxygen atoms in total. The first-order chi connectivity index (χ1) is 8.92. The molecule has 1 aromatic carbocycles. The molecule has 0 aliphatic heterocycles. The summed E-state index contributed by atoms with van der Waals surface area (Å²) in [5.74, 6) is 0.648. The van der Waals surface area contributed by atoms with E-state index in [1.54, 1.807) is 0 Å². The van der Waals surface area contributed by atoms with Gasteiger partial charge >= 0.3 is 0 Å². The third-order valence-electron chi connectivity index (χ3n) is 2.80. The lowest BCUT2D eigenvalue weighted by molar-refractivity contribution is 0.356. The molecular formula is C15H22BrN3. The second-order valence-corrected chi connectivity index (χ2v) is 6.39. The molecule has 0 bridgehead atoms. The van der Waals surface area contributed by atoms with E-state index >= 15 is 0 Å². The zero-order chi connectivity index (χ0) is 14.4. The van der Waals surface area contributed by atoms with Gasteiger partial charge in [-0.1, -0.05) is 13.8 Å². The van der Waals surface area contributed by atoms with E-state index in [0.717, 1.165) is 23.1 Å². The van der Waals surface area contributed by atoms with Gasteiger partial charge in [0.25, 0.3) is 0 Å². The summed E-state index contributed by atoms with van der Waals surface area (Å²) >= 11 is 3.52. The number of rotatable bonds is 6. The van der Waals surface area contributed by atoms with E-state index in [4.69, 9.17) is 5.26 Å². The Morgan fingerprint density at radius 1 is 1.37 bits per heavy atom. The highest BCUT2D eigenvalue weighted by Crippen LogP contribution is 2.25. The van der Waals surface area contributed by atoms with Crippen LogP contribution in [0.5, 0.6) is 0 Å². The van der Waals surface area contributed by atoms with Crippen LogP contribution in [0.1, 0.15) is 25.8 Å². The lowest BCUT2D eigenvalue weighted by Gasteiger charge is -2.25. The van der Waals surface area contributed by atoms with Crippen LogP contribution < -0.4 is 5.32 Å². The van der Waals surface area contributed by atoms with E-state index in [2.05, 4.69) is 60.2 Å². The van der Waals surface area contributed by atoms with Crippen molar-refractivity contribution in [3.05, 3.63) is 28.2 Å². The second kappa shape index (κ2) is 7.52. The summed E-state index contributed by atoms with van der Waals surface area (Å²) in [6.45, 7) is 5.46. The molecule has 1 N–H and O–H groups in total. The van der Waals surface area contributed by atoms with Crippen LogP contribution in [0, 0.1) is 17.2 Å². The smallest absolute Gasteiger partial charge is 0.0992 e. The number of nitrogens with one attached hydrogen (secondary N) is 1. The predicted octanol–water partition coefficient (Wildman–Crippen LogP) is 3.71. The highest BCUT2D eigenvalue weighted by atomic mass is 79.9. The van der Waals surface area contributed by atoms with Gasteiger partial charge in [-0.15, -0.1) is 0 Å². The molecule has 104 valence electrons. The van der Waals surface area contributed by atoms with Gasteiger partial charge < -0.3 is 10.2 Å². The van der Waals surface area contributed by atoms with E-state index in [1.165, 1.54) is 0 Å².